The van der Waals surface area contributed by atoms with Crippen molar-refractivity contribution in [1.82, 2.24) is 15.1 Å². The first-order valence-corrected chi connectivity index (χ1v) is 10.2. The predicted octanol–water partition coefficient (Wildman–Crippen LogP) is 2.88. The van der Waals surface area contributed by atoms with Crippen LogP contribution in [0.5, 0.6) is 0 Å². The number of aliphatic imine (C=N–C) groups is 1. The van der Waals surface area contributed by atoms with E-state index in [0.29, 0.717) is 32.7 Å². The SMILES string of the molecule is CC(C)(C)OC(=O)N1CCN2C(NCC3(c4c(F)cccc4F)CC3)=NCC2C1. The van der Waals surface area contributed by atoms with Crippen molar-refractivity contribution < 1.29 is 18.3 Å². The normalized spacial score (nSPS) is 22.8. The number of halogens is 2. The molecule has 4 rings (SSSR count). The maximum atomic E-state index is 14.2. The molecule has 3 aliphatic rings. The highest BCUT2D eigenvalue weighted by atomic mass is 19.1. The third kappa shape index (κ3) is 4.02. The van der Waals surface area contributed by atoms with E-state index in [2.05, 4.69) is 15.2 Å². The molecule has 0 aromatic heterocycles. The molecule has 1 unspecified atom stereocenters. The van der Waals surface area contributed by atoms with Crippen LogP contribution in [-0.2, 0) is 10.2 Å². The van der Waals surface area contributed by atoms with Crippen molar-refractivity contribution in [3.8, 4) is 0 Å². The smallest absolute Gasteiger partial charge is 0.410 e. The third-order valence-electron chi connectivity index (χ3n) is 5.79. The number of fused-ring (bicyclic) bond motifs is 1. The van der Waals surface area contributed by atoms with E-state index in [0.717, 1.165) is 18.8 Å². The molecule has 1 aromatic rings. The summed E-state index contributed by atoms with van der Waals surface area (Å²) in [6.45, 7) is 8.36. The highest BCUT2D eigenvalue weighted by Crippen LogP contribution is 2.49. The molecule has 1 amide bonds. The van der Waals surface area contributed by atoms with Crippen LogP contribution in [0.3, 0.4) is 0 Å². The van der Waals surface area contributed by atoms with Gasteiger partial charge in [-0.15, -0.1) is 0 Å². The number of carbonyl (C=O) groups is 1. The highest BCUT2D eigenvalue weighted by Gasteiger charge is 2.48. The first kappa shape index (κ1) is 19.9. The lowest BCUT2D eigenvalue weighted by Crippen LogP contribution is -2.58. The van der Waals surface area contributed by atoms with E-state index in [-0.39, 0.29) is 17.7 Å². The van der Waals surface area contributed by atoms with E-state index >= 15 is 0 Å². The Morgan fingerprint density at radius 1 is 1.28 bits per heavy atom. The Hall–Kier alpha value is -2.38. The summed E-state index contributed by atoms with van der Waals surface area (Å²) in [5, 5.41) is 3.33. The highest BCUT2D eigenvalue weighted by molar-refractivity contribution is 5.82. The number of carbonyl (C=O) groups excluding carboxylic acids is 1. The van der Waals surface area contributed by atoms with Crippen LogP contribution in [-0.4, -0.2) is 66.2 Å². The Morgan fingerprint density at radius 2 is 1.97 bits per heavy atom. The van der Waals surface area contributed by atoms with Gasteiger partial charge < -0.3 is 19.9 Å². The van der Waals surface area contributed by atoms with Crippen LogP contribution in [0.1, 0.15) is 39.2 Å². The second kappa shape index (κ2) is 7.15. The van der Waals surface area contributed by atoms with Gasteiger partial charge in [0.1, 0.15) is 17.2 Å². The van der Waals surface area contributed by atoms with Gasteiger partial charge in [-0.3, -0.25) is 4.99 Å². The zero-order chi connectivity index (χ0) is 20.8. The van der Waals surface area contributed by atoms with Crippen LogP contribution in [0, 0.1) is 11.6 Å². The summed E-state index contributed by atoms with van der Waals surface area (Å²) >= 11 is 0. The van der Waals surface area contributed by atoms with Gasteiger partial charge in [-0.2, -0.15) is 0 Å². The largest absolute Gasteiger partial charge is 0.444 e. The van der Waals surface area contributed by atoms with E-state index in [1.54, 1.807) is 4.90 Å². The fraction of sp³-hybridized carbons (Fsp3) is 0.619. The number of amides is 1. The van der Waals surface area contributed by atoms with Crippen LogP contribution >= 0.6 is 0 Å². The average molecular weight is 406 g/mol. The summed E-state index contributed by atoms with van der Waals surface area (Å²) in [5.41, 5.74) is -0.848. The van der Waals surface area contributed by atoms with Crippen LogP contribution in [0.4, 0.5) is 13.6 Å². The fourth-order valence-electron chi connectivity index (χ4n) is 4.14. The first-order valence-electron chi connectivity index (χ1n) is 10.2. The second-order valence-electron chi connectivity index (χ2n) is 9.17. The monoisotopic (exact) mass is 406 g/mol. The molecule has 1 saturated carbocycles. The van der Waals surface area contributed by atoms with Crippen molar-refractivity contribution in [3.63, 3.8) is 0 Å². The Labute approximate surface area is 169 Å². The zero-order valence-electron chi connectivity index (χ0n) is 17.2. The zero-order valence-corrected chi connectivity index (χ0v) is 17.2. The maximum absolute atomic E-state index is 14.2. The summed E-state index contributed by atoms with van der Waals surface area (Å²) < 4.78 is 33.9. The maximum Gasteiger partial charge on any atom is 0.410 e. The molecule has 2 fully saturated rings. The molecule has 6 nitrogen and oxygen atoms in total. The van der Waals surface area contributed by atoms with Gasteiger partial charge in [0.2, 0.25) is 0 Å². The molecule has 8 heteroatoms. The molecule has 1 saturated heterocycles. The fourth-order valence-corrected chi connectivity index (χ4v) is 4.14. The van der Waals surface area contributed by atoms with Crippen LogP contribution in [0.15, 0.2) is 23.2 Å². The lowest BCUT2D eigenvalue weighted by Gasteiger charge is -2.39. The van der Waals surface area contributed by atoms with Gasteiger partial charge in [-0.25, -0.2) is 13.6 Å². The van der Waals surface area contributed by atoms with Crippen molar-refractivity contribution in [2.45, 2.75) is 50.7 Å². The first-order chi connectivity index (χ1) is 13.7. The van der Waals surface area contributed by atoms with Gasteiger partial charge in [0.05, 0.1) is 12.6 Å². The van der Waals surface area contributed by atoms with Gasteiger partial charge in [0.25, 0.3) is 0 Å². The van der Waals surface area contributed by atoms with Gasteiger partial charge >= 0.3 is 6.09 Å². The van der Waals surface area contributed by atoms with Crippen LogP contribution in [0.25, 0.3) is 0 Å². The van der Waals surface area contributed by atoms with Crippen LogP contribution in [0.2, 0.25) is 0 Å². The summed E-state index contributed by atoms with van der Waals surface area (Å²) in [4.78, 5) is 20.8. The number of nitrogens with one attached hydrogen (secondary N) is 1. The minimum absolute atomic E-state index is 0.0964. The lowest BCUT2D eigenvalue weighted by molar-refractivity contribution is 0.0137. The number of piperazine rings is 1. The van der Waals surface area contributed by atoms with Gasteiger partial charge in [-0.05, 0) is 45.7 Å². The van der Waals surface area contributed by atoms with Gasteiger partial charge in [0.15, 0.2) is 5.96 Å². The molecule has 29 heavy (non-hydrogen) atoms. The topological polar surface area (TPSA) is 57.2 Å². The molecule has 0 radical (unpaired) electrons. The summed E-state index contributed by atoms with van der Waals surface area (Å²) in [6, 6.07) is 4.13. The molecule has 2 heterocycles. The molecule has 1 aliphatic carbocycles. The Morgan fingerprint density at radius 3 is 2.59 bits per heavy atom. The molecule has 158 valence electrons. The molecular formula is C21H28F2N4O2. The van der Waals surface area contributed by atoms with Crippen molar-refractivity contribution in [2.24, 2.45) is 4.99 Å². The molecular weight excluding hydrogens is 378 g/mol. The molecule has 0 spiro atoms. The molecule has 1 aromatic carbocycles. The Balaban J connectivity index is 1.35. The van der Waals surface area contributed by atoms with E-state index in [1.165, 1.54) is 18.2 Å². The number of rotatable bonds is 3. The number of benzene rings is 1. The lowest BCUT2D eigenvalue weighted by atomic mass is 9.94. The summed E-state index contributed by atoms with van der Waals surface area (Å²) in [6.07, 6.45) is 1.20. The molecule has 1 N–H and O–H groups in total. The van der Waals surface area contributed by atoms with E-state index in [4.69, 9.17) is 4.74 Å². The quantitative estimate of drug-likeness (QED) is 0.839. The Kier molecular flexibility index (Phi) is 4.91. The minimum Gasteiger partial charge on any atom is -0.444 e. The van der Waals surface area contributed by atoms with Crippen LogP contribution < -0.4 is 5.32 Å². The summed E-state index contributed by atoms with van der Waals surface area (Å²) in [5.74, 6) is -0.218. The number of ether oxygens (including phenoxy) is 1. The van der Waals surface area contributed by atoms with Crippen molar-refractivity contribution in [2.75, 3.05) is 32.7 Å². The van der Waals surface area contributed by atoms with Crippen molar-refractivity contribution >= 4 is 12.1 Å². The number of hydrogen-bond acceptors (Lipinski definition) is 5. The third-order valence-corrected chi connectivity index (χ3v) is 5.79. The van der Waals surface area contributed by atoms with Gasteiger partial charge in [-0.1, -0.05) is 6.07 Å². The molecule has 1 atom stereocenters. The second-order valence-corrected chi connectivity index (χ2v) is 9.17. The number of guanidine groups is 1. The van der Waals surface area contributed by atoms with E-state index < -0.39 is 22.7 Å². The predicted molar refractivity (Wildman–Crippen MR) is 106 cm³/mol. The van der Waals surface area contributed by atoms with Gasteiger partial charge in [0, 0.05) is 37.2 Å². The molecule has 2 aliphatic heterocycles. The number of hydrogen-bond donors (Lipinski definition) is 1. The van der Waals surface area contributed by atoms with Crippen molar-refractivity contribution in [1.29, 1.82) is 0 Å². The van der Waals surface area contributed by atoms with Crippen molar-refractivity contribution in [3.05, 3.63) is 35.4 Å². The Bertz CT molecular complexity index is 812. The summed E-state index contributed by atoms with van der Waals surface area (Å²) in [7, 11) is 0. The minimum atomic E-state index is -0.520. The average Bonchev–Trinajstić information content (AvgIpc) is 3.30. The molecule has 0 bridgehead atoms. The van der Waals surface area contributed by atoms with E-state index in [1.807, 2.05) is 20.8 Å². The van der Waals surface area contributed by atoms with E-state index in [9.17, 15) is 13.6 Å². The standard InChI is InChI=1S/C21H28F2N4O2/c1-20(2,3)29-19(28)26-9-10-27-14(12-26)11-24-18(27)25-13-21(7-8-21)17-15(22)5-4-6-16(17)23/h4-6,14H,7-13H2,1-3H3,(H,24,25). The number of nitrogens with zero attached hydrogens (tertiary/aromatic N) is 3.